The zero-order chi connectivity index (χ0) is 20.1. The third kappa shape index (κ3) is 5.22. The number of benzene rings is 1. The van der Waals surface area contributed by atoms with Crippen LogP contribution in [-0.2, 0) is 16.0 Å². The van der Waals surface area contributed by atoms with Crippen LogP contribution in [0.1, 0.15) is 28.0 Å². The number of aromatic amines is 1. The molecule has 3 rings (SSSR count). The van der Waals surface area contributed by atoms with Crippen molar-refractivity contribution in [1.29, 1.82) is 0 Å². The number of amides is 1. The average Bonchev–Trinajstić information content (AvgIpc) is 3.14. The Morgan fingerprint density at radius 2 is 2.07 bits per heavy atom. The van der Waals surface area contributed by atoms with E-state index < -0.39 is 0 Å². The molecular weight excluding hydrogens is 378 g/mol. The van der Waals surface area contributed by atoms with Crippen molar-refractivity contribution < 1.29 is 14.3 Å². The van der Waals surface area contributed by atoms with Crippen molar-refractivity contribution in [2.75, 3.05) is 26.0 Å². The average molecular weight is 401 g/mol. The van der Waals surface area contributed by atoms with Crippen molar-refractivity contribution in [2.24, 2.45) is 5.92 Å². The molecule has 1 atom stereocenters. The first-order valence-corrected chi connectivity index (χ1v) is 10.1. The third-order valence-corrected chi connectivity index (χ3v) is 5.58. The molecule has 0 aliphatic carbocycles. The van der Waals surface area contributed by atoms with E-state index in [1.165, 1.54) is 24.9 Å². The van der Waals surface area contributed by atoms with E-state index in [1.54, 1.807) is 19.1 Å². The van der Waals surface area contributed by atoms with Crippen molar-refractivity contribution in [3.8, 4) is 0 Å². The first-order valence-electron chi connectivity index (χ1n) is 9.10. The van der Waals surface area contributed by atoms with Gasteiger partial charge in [-0.1, -0.05) is 23.9 Å². The van der Waals surface area contributed by atoms with E-state index >= 15 is 0 Å². The van der Waals surface area contributed by atoms with Gasteiger partial charge in [0.05, 0.1) is 18.4 Å². The lowest BCUT2D eigenvalue weighted by Crippen LogP contribution is -2.30. The van der Waals surface area contributed by atoms with Gasteiger partial charge in [-0.3, -0.25) is 9.59 Å². The van der Waals surface area contributed by atoms with Gasteiger partial charge in [-0.25, -0.2) is 9.78 Å². The van der Waals surface area contributed by atoms with Gasteiger partial charge in [0.2, 0.25) is 5.91 Å². The highest BCUT2D eigenvalue weighted by Crippen LogP contribution is 2.23. The zero-order valence-corrected chi connectivity index (χ0v) is 16.8. The van der Waals surface area contributed by atoms with Crippen molar-refractivity contribution >= 4 is 23.6 Å². The molecule has 0 bridgehead atoms. The molecule has 1 unspecified atom stereocenters. The lowest BCUT2D eigenvalue weighted by atomic mass is 9.98. The topological polar surface area (TPSA) is 92.4 Å². The number of carbonyl (C=O) groups excluding carboxylic acids is 2. The second kappa shape index (κ2) is 9.05. The van der Waals surface area contributed by atoms with Gasteiger partial charge in [0.15, 0.2) is 5.16 Å². The molecule has 28 heavy (non-hydrogen) atoms. The summed E-state index contributed by atoms with van der Waals surface area (Å²) in [5.74, 6) is 0.367. The minimum Gasteiger partial charge on any atom is -0.465 e. The van der Waals surface area contributed by atoms with Gasteiger partial charge in [0.25, 0.3) is 5.56 Å². The number of hydrogen-bond donors (Lipinski definition) is 1. The third-order valence-electron chi connectivity index (χ3n) is 4.72. The van der Waals surface area contributed by atoms with E-state index in [0.29, 0.717) is 22.3 Å². The number of ether oxygens (including phenoxy) is 1. The number of H-pyrrole nitrogens is 1. The molecule has 2 aromatic rings. The Labute approximate surface area is 167 Å². The predicted octanol–water partition coefficient (Wildman–Crippen LogP) is 2.05. The number of thioether (sulfide) groups is 1. The molecule has 8 heteroatoms. The highest BCUT2D eigenvalue weighted by molar-refractivity contribution is 7.99. The number of carbonyl (C=O) groups is 2. The molecule has 0 spiro atoms. The number of hydrogen-bond acceptors (Lipinski definition) is 6. The summed E-state index contributed by atoms with van der Waals surface area (Å²) in [4.78, 5) is 44.2. The van der Waals surface area contributed by atoms with E-state index in [4.69, 9.17) is 4.74 Å². The number of aromatic nitrogens is 2. The molecule has 1 aromatic carbocycles. The Morgan fingerprint density at radius 3 is 2.75 bits per heavy atom. The molecule has 0 radical (unpaired) electrons. The molecule has 7 nitrogen and oxygen atoms in total. The number of aryl methyl sites for hydroxylation is 1. The van der Waals surface area contributed by atoms with Crippen LogP contribution in [0.2, 0.25) is 0 Å². The van der Waals surface area contributed by atoms with E-state index in [0.717, 1.165) is 31.5 Å². The summed E-state index contributed by atoms with van der Waals surface area (Å²) in [6.07, 6.45) is 1.82. The van der Waals surface area contributed by atoms with Crippen molar-refractivity contribution in [1.82, 2.24) is 14.9 Å². The quantitative estimate of drug-likeness (QED) is 0.452. The molecule has 1 fully saturated rings. The van der Waals surface area contributed by atoms with Gasteiger partial charge in [-0.15, -0.1) is 0 Å². The van der Waals surface area contributed by atoms with Gasteiger partial charge < -0.3 is 14.6 Å². The Kier molecular flexibility index (Phi) is 6.51. The summed E-state index contributed by atoms with van der Waals surface area (Å²) in [5.41, 5.74) is 2.11. The second-order valence-corrected chi connectivity index (χ2v) is 7.83. The van der Waals surface area contributed by atoms with Gasteiger partial charge in [-0.2, -0.15) is 0 Å². The maximum absolute atomic E-state index is 12.5. The van der Waals surface area contributed by atoms with Gasteiger partial charge in [0.1, 0.15) is 0 Å². The number of esters is 1. The first-order chi connectivity index (χ1) is 13.4. The molecule has 0 saturated carbocycles. The Morgan fingerprint density at radius 1 is 1.32 bits per heavy atom. The van der Waals surface area contributed by atoms with Gasteiger partial charge in [-0.05, 0) is 43.4 Å². The Hall–Kier alpha value is -2.61. The molecule has 148 valence electrons. The van der Waals surface area contributed by atoms with Crippen LogP contribution in [-0.4, -0.2) is 52.7 Å². The van der Waals surface area contributed by atoms with Crippen LogP contribution in [0.15, 0.2) is 40.3 Å². The van der Waals surface area contributed by atoms with E-state index in [1.807, 2.05) is 17.0 Å². The fourth-order valence-corrected chi connectivity index (χ4v) is 4.12. The molecule has 1 aliphatic heterocycles. The fraction of sp³-hybridized carbons (Fsp3) is 0.400. The molecule has 1 aliphatic rings. The van der Waals surface area contributed by atoms with Crippen LogP contribution in [0.4, 0.5) is 0 Å². The summed E-state index contributed by atoms with van der Waals surface area (Å²) in [5, 5.41) is 0.472. The molecular formula is C20H23N3O4S. The second-order valence-electron chi connectivity index (χ2n) is 6.87. The van der Waals surface area contributed by atoms with Crippen LogP contribution in [0, 0.1) is 12.8 Å². The number of nitrogens with one attached hydrogen (secondary N) is 1. The van der Waals surface area contributed by atoms with Crippen LogP contribution in [0.25, 0.3) is 0 Å². The summed E-state index contributed by atoms with van der Waals surface area (Å²) >= 11 is 1.25. The number of methoxy groups -OCH3 is 1. The highest BCUT2D eigenvalue weighted by Gasteiger charge is 2.26. The van der Waals surface area contributed by atoms with Crippen LogP contribution in [0.5, 0.6) is 0 Å². The molecule has 1 amide bonds. The number of likely N-dealkylation sites (tertiary alicyclic amines) is 1. The standard InChI is InChI=1S/C20H23N3O4S/c1-13-9-17(24)22-20(21-13)28-12-18(25)23-8-7-15(11-23)10-14-3-5-16(6-4-14)19(26)27-2/h3-6,9,15H,7-8,10-12H2,1-2H3,(H,21,22,24). The minimum atomic E-state index is -0.342. The van der Waals surface area contributed by atoms with E-state index in [2.05, 4.69) is 9.97 Å². The predicted molar refractivity (Wildman–Crippen MR) is 106 cm³/mol. The highest BCUT2D eigenvalue weighted by atomic mass is 32.2. The van der Waals surface area contributed by atoms with Crippen LogP contribution in [0.3, 0.4) is 0 Å². The summed E-state index contributed by atoms with van der Waals surface area (Å²) < 4.78 is 4.71. The maximum Gasteiger partial charge on any atom is 0.337 e. The minimum absolute atomic E-state index is 0.0534. The molecule has 1 aromatic heterocycles. The van der Waals surface area contributed by atoms with Gasteiger partial charge >= 0.3 is 5.97 Å². The Bertz CT molecular complexity index is 910. The van der Waals surface area contributed by atoms with Crippen molar-refractivity contribution in [3.05, 3.63) is 57.5 Å². The van der Waals surface area contributed by atoms with Crippen LogP contribution < -0.4 is 5.56 Å². The monoisotopic (exact) mass is 401 g/mol. The summed E-state index contributed by atoms with van der Waals surface area (Å²) in [7, 11) is 1.37. The summed E-state index contributed by atoms with van der Waals surface area (Å²) in [6, 6.07) is 8.84. The Balaban J connectivity index is 1.49. The maximum atomic E-state index is 12.5. The normalized spacial score (nSPS) is 16.2. The van der Waals surface area contributed by atoms with E-state index in [-0.39, 0.29) is 23.2 Å². The smallest absolute Gasteiger partial charge is 0.337 e. The van der Waals surface area contributed by atoms with E-state index in [9.17, 15) is 14.4 Å². The molecule has 1 N–H and O–H groups in total. The van der Waals surface area contributed by atoms with Crippen LogP contribution >= 0.6 is 11.8 Å². The first kappa shape index (κ1) is 20.1. The SMILES string of the molecule is COC(=O)c1ccc(CC2CCN(C(=O)CSc3nc(C)cc(=O)[nH]3)C2)cc1. The van der Waals surface area contributed by atoms with Crippen molar-refractivity contribution in [3.63, 3.8) is 0 Å². The lowest BCUT2D eigenvalue weighted by molar-refractivity contribution is -0.127. The lowest BCUT2D eigenvalue weighted by Gasteiger charge is -2.16. The molecule has 2 heterocycles. The molecule has 1 saturated heterocycles. The van der Waals surface area contributed by atoms with Gasteiger partial charge in [0, 0.05) is 24.8 Å². The fourth-order valence-electron chi connectivity index (χ4n) is 3.30. The summed E-state index contributed by atoms with van der Waals surface area (Å²) in [6.45, 7) is 3.21. The zero-order valence-electron chi connectivity index (χ0n) is 15.9. The van der Waals surface area contributed by atoms with Crippen molar-refractivity contribution in [2.45, 2.75) is 24.9 Å². The number of nitrogens with zero attached hydrogens (tertiary/aromatic N) is 2. The largest absolute Gasteiger partial charge is 0.465 e. The number of rotatable bonds is 6.